The maximum Gasteiger partial charge on any atom is 0.321 e. The number of rotatable bonds is 4. The van der Waals surface area contributed by atoms with Crippen molar-refractivity contribution in [2.75, 3.05) is 10.2 Å². The zero-order valence-electron chi connectivity index (χ0n) is 21.4. The Labute approximate surface area is 218 Å². The van der Waals surface area contributed by atoms with Gasteiger partial charge in [-0.1, -0.05) is 18.2 Å². The van der Waals surface area contributed by atoms with Gasteiger partial charge in [-0.05, 0) is 63.6 Å². The Morgan fingerprint density at radius 1 is 1.11 bits per heavy atom. The number of ketones is 1. The Hall–Kier alpha value is -4.24. The van der Waals surface area contributed by atoms with Crippen molar-refractivity contribution >= 4 is 34.1 Å². The van der Waals surface area contributed by atoms with Crippen LogP contribution in [0.3, 0.4) is 0 Å². The molecule has 0 radical (unpaired) electrons. The van der Waals surface area contributed by atoms with Gasteiger partial charge < -0.3 is 21.1 Å². The molecule has 5 rings (SSSR count). The fourth-order valence-corrected chi connectivity index (χ4v) is 5.33. The molecule has 1 atom stereocenters. The number of amides is 2. The maximum absolute atomic E-state index is 16.3. The largest absolute Gasteiger partial charge is 0.375 e. The monoisotopic (exact) mass is 518 g/mol. The van der Waals surface area contributed by atoms with Crippen LogP contribution in [0, 0.1) is 18.6 Å². The van der Waals surface area contributed by atoms with Crippen LogP contribution in [-0.4, -0.2) is 33.2 Å². The number of aliphatic hydroxyl groups is 1. The van der Waals surface area contributed by atoms with Crippen molar-refractivity contribution in [2.24, 2.45) is 5.73 Å². The lowest BCUT2D eigenvalue weighted by Gasteiger charge is -2.52. The summed E-state index contributed by atoms with van der Waals surface area (Å²) in [5.74, 6) is -1.78. The molecule has 196 valence electrons. The highest BCUT2D eigenvalue weighted by atomic mass is 19.1. The number of benzene rings is 3. The summed E-state index contributed by atoms with van der Waals surface area (Å²) in [6.45, 7) is 6.54. The smallest absolute Gasteiger partial charge is 0.321 e. The number of hydrogen-bond donors (Lipinski definition) is 4. The number of nitrogens with two attached hydrogens (primary N) is 1. The Morgan fingerprint density at radius 2 is 1.79 bits per heavy atom. The number of nitrogens with one attached hydrogen (secondary N) is 2. The second-order valence-electron chi connectivity index (χ2n) is 10.3. The maximum atomic E-state index is 16.3. The van der Waals surface area contributed by atoms with Gasteiger partial charge in [0.15, 0.2) is 11.5 Å². The number of halogens is 2. The first-order valence-corrected chi connectivity index (χ1v) is 12.1. The molecule has 7 nitrogen and oxygen atoms in total. The van der Waals surface area contributed by atoms with Crippen LogP contribution in [0.15, 0.2) is 54.7 Å². The zero-order valence-corrected chi connectivity index (χ0v) is 21.4. The van der Waals surface area contributed by atoms with E-state index in [1.165, 1.54) is 37.3 Å². The molecule has 38 heavy (non-hydrogen) atoms. The number of carbonyl (C=O) groups is 2. The van der Waals surface area contributed by atoms with Gasteiger partial charge in [-0.15, -0.1) is 0 Å². The van der Waals surface area contributed by atoms with Gasteiger partial charge in [-0.3, -0.25) is 9.69 Å². The number of fused-ring (bicyclic) bond motifs is 2. The van der Waals surface area contributed by atoms with Gasteiger partial charge >= 0.3 is 6.03 Å². The summed E-state index contributed by atoms with van der Waals surface area (Å²) in [6, 6.07) is 11.5. The van der Waals surface area contributed by atoms with E-state index in [9.17, 15) is 14.7 Å². The average Bonchev–Trinajstić information content (AvgIpc) is 3.22. The first-order chi connectivity index (χ1) is 17.9. The summed E-state index contributed by atoms with van der Waals surface area (Å²) in [4.78, 5) is 28.5. The molecule has 0 unspecified atom stereocenters. The lowest BCUT2D eigenvalue weighted by atomic mass is 9.78. The number of anilines is 2. The third-order valence-corrected chi connectivity index (χ3v) is 7.50. The van der Waals surface area contributed by atoms with E-state index in [4.69, 9.17) is 5.73 Å². The van der Waals surface area contributed by atoms with Crippen molar-refractivity contribution in [1.29, 1.82) is 0 Å². The molecule has 0 spiro atoms. The van der Waals surface area contributed by atoms with Gasteiger partial charge in [-0.2, -0.15) is 0 Å². The van der Waals surface area contributed by atoms with Crippen LogP contribution in [0.4, 0.5) is 25.0 Å². The minimum Gasteiger partial charge on any atom is -0.375 e. The molecule has 1 aromatic heterocycles. The van der Waals surface area contributed by atoms with Gasteiger partial charge in [-0.25, -0.2) is 13.6 Å². The number of nitrogens with zero attached hydrogens (tertiary/aromatic N) is 1. The molecule has 0 saturated carbocycles. The zero-order chi connectivity index (χ0) is 27.6. The summed E-state index contributed by atoms with van der Waals surface area (Å²) < 4.78 is 31.8. The molecular formula is C29H28F2N4O3. The van der Waals surface area contributed by atoms with Crippen molar-refractivity contribution in [3.63, 3.8) is 0 Å². The van der Waals surface area contributed by atoms with E-state index in [1.807, 2.05) is 13.0 Å². The average molecular weight is 519 g/mol. The molecule has 1 aliphatic rings. The highest BCUT2D eigenvalue weighted by Gasteiger charge is 2.54. The topological polar surface area (TPSA) is 111 Å². The fourth-order valence-electron chi connectivity index (χ4n) is 5.33. The standard InChI is InChI=1S/C29H28F2N4O3/c1-15-14-33-26-19(15)6-5-7-20(26)24-22(30)12-23-21(25(24)31)13-29(38,28(3,4)34-23)35(27(32)37)18-10-8-17(9-11-18)16(2)36/h5-12,14,33-34,38H,13H2,1-4H3,(H2,32,37)/t29-/m0/s1. The number of carbonyl (C=O) groups excluding carboxylic acids is 2. The molecule has 0 saturated heterocycles. The lowest BCUT2D eigenvalue weighted by molar-refractivity contribution is -0.0120. The molecule has 0 bridgehead atoms. The van der Waals surface area contributed by atoms with E-state index in [1.54, 1.807) is 32.2 Å². The summed E-state index contributed by atoms with van der Waals surface area (Å²) >= 11 is 0. The Bertz CT molecular complexity index is 1610. The number of hydrogen-bond acceptors (Lipinski definition) is 4. The van der Waals surface area contributed by atoms with Gasteiger partial charge in [0, 0.05) is 46.1 Å². The number of H-pyrrole nitrogens is 1. The van der Waals surface area contributed by atoms with Crippen molar-refractivity contribution < 1.29 is 23.5 Å². The van der Waals surface area contributed by atoms with Crippen LogP contribution >= 0.6 is 0 Å². The van der Waals surface area contributed by atoms with Crippen LogP contribution < -0.4 is 16.0 Å². The van der Waals surface area contributed by atoms with Crippen LogP contribution in [0.1, 0.15) is 42.3 Å². The molecule has 2 heterocycles. The number of aryl methyl sites for hydroxylation is 1. The van der Waals surface area contributed by atoms with Crippen molar-refractivity contribution in [2.45, 2.75) is 45.4 Å². The molecule has 9 heteroatoms. The first-order valence-electron chi connectivity index (χ1n) is 12.1. The number of aromatic nitrogens is 1. The third-order valence-electron chi connectivity index (χ3n) is 7.50. The number of Topliss-reactive ketones (excluding diaryl/α,β-unsaturated/α-hetero) is 1. The van der Waals surface area contributed by atoms with Crippen molar-refractivity contribution in [3.05, 3.63) is 83.1 Å². The molecule has 1 aliphatic heterocycles. The van der Waals surface area contributed by atoms with E-state index >= 15 is 8.78 Å². The summed E-state index contributed by atoms with van der Waals surface area (Å²) in [5, 5.41) is 15.9. The van der Waals surface area contributed by atoms with E-state index < -0.39 is 28.9 Å². The minimum atomic E-state index is -2.06. The molecule has 4 aromatic rings. The van der Waals surface area contributed by atoms with E-state index in [0.717, 1.165) is 15.8 Å². The summed E-state index contributed by atoms with van der Waals surface area (Å²) in [7, 11) is 0. The second-order valence-corrected chi connectivity index (χ2v) is 10.3. The predicted octanol–water partition coefficient (Wildman–Crippen LogP) is 5.64. The van der Waals surface area contributed by atoms with Gasteiger partial charge in [0.25, 0.3) is 0 Å². The van der Waals surface area contributed by atoms with Crippen LogP contribution in [0.2, 0.25) is 0 Å². The number of aromatic amines is 1. The number of primary amides is 1. The SMILES string of the molecule is CC(=O)c1ccc(N(C(N)=O)[C@]2(O)Cc3c(cc(F)c(-c4cccc5c(C)c[nH]c45)c3F)NC2(C)C)cc1. The molecule has 5 N–H and O–H groups in total. The fraction of sp³-hybridized carbons (Fsp3) is 0.241. The molecule has 0 aliphatic carbocycles. The Morgan fingerprint density at radius 3 is 2.42 bits per heavy atom. The van der Waals surface area contributed by atoms with Gasteiger partial charge in [0.05, 0.1) is 16.6 Å². The minimum absolute atomic E-state index is 0.00936. The van der Waals surface area contributed by atoms with Crippen LogP contribution in [0.25, 0.3) is 22.0 Å². The van der Waals surface area contributed by atoms with E-state index in [-0.39, 0.29) is 34.7 Å². The third kappa shape index (κ3) is 3.73. The second kappa shape index (κ2) is 8.66. The first kappa shape index (κ1) is 25.4. The van der Waals surface area contributed by atoms with Crippen LogP contribution in [-0.2, 0) is 6.42 Å². The molecule has 3 aromatic carbocycles. The molecule has 0 fully saturated rings. The Kier molecular flexibility index (Phi) is 5.79. The molecule has 2 amide bonds. The lowest BCUT2D eigenvalue weighted by Crippen LogP contribution is -2.70. The van der Waals surface area contributed by atoms with Gasteiger partial charge in [0.2, 0.25) is 0 Å². The highest BCUT2D eigenvalue weighted by Crippen LogP contribution is 2.46. The summed E-state index contributed by atoms with van der Waals surface area (Å²) in [6.07, 6.45) is 1.39. The van der Waals surface area contributed by atoms with Crippen molar-refractivity contribution in [3.8, 4) is 11.1 Å². The van der Waals surface area contributed by atoms with Crippen LogP contribution in [0.5, 0.6) is 0 Å². The quantitative estimate of drug-likeness (QED) is 0.207. The number of para-hydroxylation sites is 1. The predicted molar refractivity (Wildman–Crippen MR) is 143 cm³/mol. The number of urea groups is 1. The highest BCUT2D eigenvalue weighted by molar-refractivity contribution is 5.98. The van der Waals surface area contributed by atoms with E-state index in [2.05, 4.69) is 10.3 Å². The molecular weight excluding hydrogens is 490 g/mol. The van der Waals surface area contributed by atoms with E-state index in [0.29, 0.717) is 16.6 Å². The summed E-state index contributed by atoms with van der Waals surface area (Å²) in [5.41, 5.74) is 4.84. The van der Waals surface area contributed by atoms with Gasteiger partial charge in [0.1, 0.15) is 11.6 Å². The Balaban J connectivity index is 1.67. The van der Waals surface area contributed by atoms with Crippen molar-refractivity contribution in [1.82, 2.24) is 4.98 Å². The normalized spacial score (nSPS) is 18.1.